The highest BCUT2D eigenvalue weighted by Gasteiger charge is 2.37. The largest absolute Gasteiger partial charge is 0.352 e. The second-order valence-electron chi connectivity index (χ2n) is 8.65. The highest BCUT2D eigenvalue weighted by molar-refractivity contribution is 5.93. The van der Waals surface area contributed by atoms with Gasteiger partial charge in [0, 0.05) is 28.2 Å². The smallest absolute Gasteiger partial charge is 0.194 e. The molecule has 1 aliphatic rings. The first-order chi connectivity index (χ1) is 17.2. The van der Waals surface area contributed by atoms with E-state index in [-0.39, 0.29) is 0 Å². The van der Waals surface area contributed by atoms with Gasteiger partial charge in [0.2, 0.25) is 0 Å². The summed E-state index contributed by atoms with van der Waals surface area (Å²) in [7, 11) is 0. The molecule has 3 aromatic heterocycles. The Morgan fingerprint density at radius 1 is 0.829 bits per heavy atom. The molecule has 1 atom stereocenters. The molecule has 0 aliphatic carbocycles. The van der Waals surface area contributed by atoms with Gasteiger partial charge in [-0.05, 0) is 47.7 Å². The van der Waals surface area contributed by atoms with Crippen molar-refractivity contribution in [2.75, 3.05) is 0 Å². The second-order valence-corrected chi connectivity index (χ2v) is 8.65. The molecular weight excluding hydrogens is 432 g/mol. The molecule has 0 saturated heterocycles. The van der Waals surface area contributed by atoms with Gasteiger partial charge in [0.25, 0.3) is 0 Å². The fourth-order valence-corrected chi connectivity index (χ4v) is 4.93. The molecule has 6 aromatic rings. The van der Waals surface area contributed by atoms with Crippen LogP contribution in [0.2, 0.25) is 0 Å². The topological polar surface area (TPSA) is 93.5 Å². The number of aromatic amines is 2. The molecule has 1 unspecified atom stereocenters. The summed E-state index contributed by atoms with van der Waals surface area (Å²) in [6, 6.07) is 30.3. The Morgan fingerprint density at radius 2 is 1.69 bits per heavy atom. The molecular formula is C29H18N6. The van der Waals surface area contributed by atoms with E-state index in [4.69, 9.17) is 9.98 Å². The van der Waals surface area contributed by atoms with Gasteiger partial charge in [-0.1, -0.05) is 48.5 Å². The molecule has 3 aromatic carbocycles. The van der Waals surface area contributed by atoms with Gasteiger partial charge in [-0.25, -0.2) is 4.98 Å². The third kappa shape index (κ3) is 2.92. The van der Waals surface area contributed by atoms with Gasteiger partial charge in [-0.15, -0.1) is 0 Å². The van der Waals surface area contributed by atoms with E-state index in [1.807, 2.05) is 78.9 Å². The van der Waals surface area contributed by atoms with Crippen LogP contribution in [-0.2, 0) is 5.54 Å². The zero-order valence-electron chi connectivity index (χ0n) is 18.5. The highest BCUT2D eigenvalue weighted by Crippen LogP contribution is 2.40. The lowest BCUT2D eigenvalue weighted by Crippen LogP contribution is -2.19. The van der Waals surface area contributed by atoms with Gasteiger partial charge >= 0.3 is 0 Å². The molecule has 35 heavy (non-hydrogen) atoms. The Labute approximate surface area is 200 Å². The number of nitriles is 1. The van der Waals surface area contributed by atoms with Crippen LogP contribution in [0.1, 0.15) is 5.56 Å². The zero-order valence-corrected chi connectivity index (χ0v) is 18.5. The predicted molar refractivity (Wildman–Crippen MR) is 136 cm³/mol. The Balaban J connectivity index is 1.54. The predicted octanol–water partition coefficient (Wildman–Crippen LogP) is 4.61. The SMILES string of the molecule is N#CC1(c2c(-c3ccccn3)ccc3[nH]c(-c4cc5ccccc5[nH]4)nc23)C=c2ccccc2=N1. The van der Waals surface area contributed by atoms with E-state index < -0.39 is 5.54 Å². The Bertz CT molecular complexity index is 1850. The lowest BCUT2D eigenvalue weighted by Gasteiger charge is -2.20. The van der Waals surface area contributed by atoms with Crippen LogP contribution in [0.3, 0.4) is 0 Å². The number of hydrogen-bond acceptors (Lipinski definition) is 4. The van der Waals surface area contributed by atoms with Crippen molar-refractivity contribution < 1.29 is 0 Å². The number of hydrogen-bond donors (Lipinski definition) is 2. The average molecular weight is 451 g/mol. The van der Waals surface area contributed by atoms with E-state index in [1.165, 1.54) is 0 Å². The molecule has 0 fully saturated rings. The molecule has 0 saturated carbocycles. The van der Waals surface area contributed by atoms with Crippen LogP contribution >= 0.6 is 0 Å². The van der Waals surface area contributed by atoms with Crippen molar-refractivity contribution in [1.29, 1.82) is 5.26 Å². The van der Waals surface area contributed by atoms with Gasteiger partial charge in [-0.3, -0.25) is 9.98 Å². The third-order valence-electron chi connectivity index (χ3n) is 6.53. The molecule has 6 heteroatoms. The maximum Gasteiger partial charge on any atom is 0.194 e. The van der Waals surface area contributed by atoms with Crippen molar-refractivity contribution in [1.82, 2.24) is 19.9 Å². The Kier molecular flexibility index (Phi) is 4.02. The van der Waals surface area contributed by atoms with E-state index in [0.717, 1.165) is 49.5 Å². The van der Waals surface area contributed by atoms with Crippen LogP contribution in [0.4, 0.5) is 0 Å². The van der Waals surface area contributed by atoms with Crippen LogP contribution in [-0.4, -0.2) is 19.9 Å². The number of H-pyrrole nitrogens is 2. The summed E-state index contributed by atoms with van der Waals surface area (Å²) in [4.78, 5) is 21.4. The maximum absolute atomic E-state index is 10.6. The molecule has 1 aliphatic heterocycles. The van der Waals surface area contributed by atoms with Crippen molar-refractivity contribution in [3.05, 3.63) is 107 Å². The number of nitrogens with one attached hydrogen (secondary N) is 2. The summed E-state index contributed by atoms with van der Waals surface area (Å²) in [5.74, 6) is 0.708. The number of para-hydroxylation sites is 2. The number of benzene rings is 3. The van der Waals surface area contributed by atoms with Gasteiger partial charge in [0.15, 0.2) is 11.4 Å². The van der Waals surface area contributed by atoms with E-state index in [1.54, 1.807) is 6.20 Å². The minimum Gasteiger partial charge on any atom is -0.352 e. The number of imidazole rings is 1. The summed E-state index contributed by atoms with van der Waals surface area (Å²) in [5.41, 5.74) is 4.58. The maximum atomic E-state index is 10.6. The quantitative estimate of drug-likeness (QED) is 0.412. The van der Waals surface area contributed by atoms with Crippen molar-refractivity contribution in [3.8, 4) is 28.8 Å². The molecule has 2 N–H and O–H groups in total. The minimum absolute atomic E-state index is 0.705. The van der Waals surface area contributed by atoms with Crippen molar-refractivity contribution in [2.45, 2.75) is 5.54 Å². The van der Waals surface area contributed by atoms with Crippen LogP contribution in [0.5, 0.6) is 0 Å². The van der Waals surface area contributed by atoms with Crippen molar-refractivity contribution >= 4 is 28.0 Å². The van der Waals surface area contributed by atoms with E-state index in [2.05, 4.69) is 33.2 Å². The molecule has 0 spiro atoms. The van der Waals surface area contributed by atoms with E-state index in [0.29, 0.717) is 11.3 Å². The van der Waals surface area contributed by atoms with Gasteiger partial charge in [-0.2, -0.15) is 5.26 Å². The standard InChI is InChI=1S/C29H18N6/c30-17-29(16-19-8-2-4-10-22(19)35-29)26-20(23-11-5-6-14-31-23)12-13-24-27(26)34-28(33-24)25-15-18-7-1-3-9-21(18)32-25/h1-16,32H,(H,33,34). The summed E-state index contributed by atoms with van der Waals surface area (Å²) in [6.07, 6.45) is 3.69. The first-order valence-corrected chi connectivity index (χ1v) is 11.4. The van der Waals surface area contributed by atoms with Crippen LogP contribution in [0, 0.1) is 11.3 Å². The van der Waals surface area contributed by atoms with Crippen molar-refractivity contribution in [3.63, 3.8) is 0 Å². The van der Waals surface area contributed by atoms with Crippen molar-refractivity contribution in [2.24, 2.45) is 4.99 Å². The lowest BCUT2D eigenvalue weighted by atomic mass is 9.86. The summed E-state index contributed by atoms with van der Waals surface area (Å²) >= 11 is 0. The average Bonchev–Trinajstić information content (AvgIpc) is 3.63. The zero-order chi connectivity index (χ0) is 23.4. The Morgan fingerprint density at radius 3 is 2.51 bits per heavy atom. The third-order valence-corrected chi connectivity index (χ3v) is 6.53. The summed E-state index contributed by atoms with van der Waals surface area (Å²) in [6.45, 7) is 0. The number of pyridine rings is 1. The van der Waals surface area contributed by atoms with Crippen LogP contribution < -0.4 is 10.6 Å². The highest BCUT2D eigenvalue weighted by atomic mass is 15.0. The first-order valence-electron chi connectivity index (χ1n) is 11.4. The van der Waals surface area contributed by atoms with Gasteiger partial charge < -0.3 is 9.97 Å². The number of rotatable bonds is 3. The molecule has 0 bridgehead atoms. The summed E-state index contributed by atoms with van der Waals surface area (Å²) in [5, 5.41) is 13.4. The minimum atomic E-state index is -1.22. The first kappa shape index (κ1) is 19.4. The molecule has 7 rings (SSSR count). The monoisotopic (exact) mass is 450 g/mol. The van der Waals surface area contributed by atoms with E-state index in [9.17, 15) is 5.26 Å². The fourth-order valence-electron chi connectivity index (χ4n) is 4.93. The molecule has 164 valence electrons. The fraction of sp³-hybridized carbons (Fsp3) is 0.0345. The molecule has 0 radical (unpaired) electrons. The molecule has 4 heterocycles. The summed E-state index contributed by atoms with van der Waals surface area (Å²) < 4.78 is 0. The lowest BCUT2D eigenvalue weighted by molar-refractivity contribution is 0.774. The number of fused-ring (bicyclic) bond motifs is 3. The van der Waals surface area contributed by atoms with Gasteiger partial charge in [0.05, 0.1) is 27.8 Å². The molecule has 6 nitrogen and oxygen atoms in total. The van der Waals surface area contributed by atoms with Crippen LogP contribution in [0.15, 0.2) is 96.1 Å². The normalized spacial score (nSPS) is 16.5. The number of aromatic nitrogens is 4. The van der Waals surface area contributed by atoms with Gasteiger partial charge in [0.1, 0.15) is 6.07 Å². The Hall–Kier alpha value is -5.02. The van der Waals surface area contributed by atoms with E-state index >= 15 is 0 Å². The molecule has 0 amide bonds. The second kappa shape index (κ2) is 7.24. The number of nitrogens with zero attached hydrogens (tertiary/aromatic N) is 4. The van der Waals surface area contributed by atoms with Crippen LogP contribution in [0.25, 0.3) is 50.8 Å².